The molecule has 0 spiro atoms. The van der Waals surface area contributed by atoms with Gasteiger partial charge in [0.25, 0.3) is 0 Å². The lowest BCUT2D eigenvalue weighted by Crippen LogP contribution is -2.17. The van der Waals surface area contributed by atoms with Crippen molar-refractivity contribution in [3.8, 4) is 0 Å². The van der Waals surface area contributed by atoms with Crippen molar-refractivity contribution in [1.29, 1.82) is 0 Å². The minimum absolute atomic E-state index is 0.410. The van der Waals surface area contributed by atoms with Crippen molar-refractivity contribution in [2.24, 2.45) is 0 Å². The number of aryl methyl sites for hydroxylation is 1. The van der Waals surface area contributed by atoms with Crippen LogP contribution >= 0.6 is 0 Å². The van der Waals surface area contributed by atoms with Gasteiger partial charge in [-0.15, -0.1) is 0 Å². The summed E-state index contributed by atoms with van der Waals surface area (Å²) in [6.45, 7) is 4.02. The molecule has 1 heterocycles. The highest BCUT2D eigenvalue weighted by atomic mass is 16.5. The molecule has 0 saturated heterocycles. The van der Waals surface area contributed by atoms with Crippen molar-refractivity contribution in [2.45, 2.75) is 25.9 Å². The number of hydrogen-bond acceptors (Lipinski definition) is 2. The van der Waals surface area contributed by atoms with E-state index < -0.39 is 0 Å². The Balaban J connectivity index is 2.53. The summed E-state index contributed by atoms with van der Waals surface area (Å²) in [5.74, 6) is 0. The van der Waals surface area contributed by atoms with Gasteiger partial charge in [-0.1, -0.05) is 0 Å². The summed E-state index contributed by atoms with van der Waals surface area (Å²) >= 11 is 0. The van der Waals surface area contributed by atoms with Crippen LogP contribution in [-0.4, -0.2) is 25.3 Å². The first-order valence-corrected chi connectivity index (χ1v) is 5.10. The Kier molecular flexibility index (Phi) is 4.70. The predicted molar refractivity (Wildman–Crippen MR) is 58.4 cm³/mol. The number of hydrogen-bond donors (Lipinski definition) is 1. The van der Waals surface area contributed by atoms with Gasteiger partial charge >= 0.3 is 0 Å². The molecule has 0 aromatic carbocycles. The average molecular weight is 196 g/mol. The average Bonchev–Trinajstić information content (AvgIpc) is 2.65. The molecular weight excluding hydrogens is 176 g/mol. The Morgan fingerprint density at radius 3 is 3.00 bits per heavy atom. The van der Waals surface area contributed by atoms with Gasteiger partial charge in [-0.2, -0.15) is 0 Å². The molecule has 1 unspecified atom stereocenters. The molecule has 1 atom stereocenters. The number of nitrogens with zero attached hydrogens (tertiary/aromatic N) is 1. The van der Waals surface area contributed by atoms with Gasteiger partial charge in [0, 0.05) is 38.2 Å². The summed E-state index contributed by atoms with van der Waals surface area (Å²) in [5, 5.41) is 3.25. The number of aromatic nitrogens is 1. The highest BCUT2D eigenvalue weighted by Crippen LogP contribution is 2.12. The zero-order valence-corrected chi connectivity index (χ0v) is 9.29. The Hall–Kier alpha value is -0.800. The second-order valence-corrected chi connectivity index (χ2v) is 3.48. The van der Waals surface area contributed by atoms with Crippen molar-refractivity contribution in [1.82, 2.24) is 9.88 Å². The van der Waals surface area contributed by atoms with E-state index >= 15 is 0 Å². The second-order valence-electron chi connectivity index (χ2n) is 3.48. The van der Waals surface area contributed by atoms with Gasteiger partial charge in [-0.25, -0.2) is 0 Å². The zero-order chi connectivity index (χ0) is 10.4. The highest BCUT2D eigenvalue weighted by Gasteiger charge is 2.06. The van der Waals surface area contributed by atoms with Crippen LogP contribution in [0.3, 0.4) is 0 Å². The molecule has 0 amide bonds. The topological polar surface area (TPSA) is 26.2 Å². The van der Waals surface area contributed by atoms with Crippen LogP contribution < -0.4 is 5.32 Å². The molecule has 80 valence electrons. The number of nitrogens with one attached hydrogen (secondary N) is 1. The molecule has 0 bridgehead atoms. The van der Waals surface area contributed by atoms with E-state index in [0.717, 1.165) is 19.6 Å². The Morgan fingerprint density at radius 1 is 1.57 bits per heavy atom. The van der Waals surface area contributed by atoms with E-state index in [9.17, 15) is 0 Å². The van der Waals surface area contributed by atoms with Crippen LogP contribution in [0.15, 0.2) is 18.3 Å². The van der Waals surface area contributed by atoms with Crippen molar-refractivity contribution in [3.05, 3.63) is 24.0 Å². The Labute approximate surface area is 86.1 Å². The van der Waals surface area contributed by atoms with Gasteiger partial charge in [0.15, 0.2) is 0 Å². The van der Waals surface area contributed by atoms with E-state index in [-0.39, 0.29) is 0 Å². The summed E-state index contributed by atoms with van der Waals surface area (Å²) in [6, 6.07) is 4.66. The highest BCUT2D eigenvalue weighted by molar-refractivity contribution is 5.11. The van der Waals surface area contributed by atoms with Gasteiger partial charge in [0.2, 0.25) is 0 Å². The maximum absolute atomic E-state index is 5.04. The molecule has 3 heteroatoms. The number of methoxy groups -OCH3 is 1. The molecule has 14 heavy (non-hydrogen) atoms. The smallest absolute Gasteiger partial charge is 0.0479 e. The van der Waals surface area contributed by atoms with Crippen LogP contribution in [-0.2, 0) is 11.3 Å². The maximum atomic E-state index is 5.04. The predicted octanol–water partition coefficient (Wildman–Crippen LogP) is 1.80. The molecule has 1 aromatic heterocycles. The molecule has 0 aliphatic heterocycles. The lowest BCUT2D eigenvalue weighted by molar-refractivity contribution is 0.190. The normalized spacial score (nSPS) is 13.1. The van der Waals surface area contributed by atoms with Crippen LogP contribution in [0.2, 0.25) is 0 Å². The van der Waals surface area contributed by atoms with Crippen LogP contribution in [0, 0.1) is 0 Å². The fraction of sp³-hybridized carbons (Fsp3) is 0.636. The number of rotatable bonds is 6. The van der Waals surface area contributed by atoms with Crippen molar-refractivity contribution >= 4 is 0 Å². The van der Waals surface area contributed by atoms with Gasteiger partial charge < -0.3 is 14.6 Å². The third-order valence-electron chi connectivity index (χ3n) is 2.49. The Morgan fingerprint density at radius 2 is 2.36 bits per heavy atom. The lowest BCUT2D eigenvalue weighted by Gasteiger charge is -2.14. The first kappa shape index (κ1) is 11.3. The number of ether oxygens (including phenoxy) is 1. The molecule has 0 fully saturated rings. The molecule has 0 aliphatic carbocycles. The maximum Gasteiger partial charge on any atom is 0.0479 e. The Bertz CT molecular complexity index is 258. The molecule has 0 saturated carbocycles. The van der Waals surface area contributed by atoms with Crippen LogP contribution in [0.4, 0.5) is 0 Å². The minimum atomic E-state index is 0.410. The van der Waals surface area contributed by atoms with E-state index in [1.165, 1.54) is 5.69 Å². The third-order valence-corrected chi connectivity index (χ3v) is 2.49. The largest absolute Gasteiger partial charge is 0.385 e. The first-order chi connectivity index (χ1) is 6.79. The fourth-order valence-corrected chi connectivity index (χ4v) is 1.55. The molecule has 0 aliphatic rings. The van der Waals surface area contributed by atoms with Crippen molar-refractivity contribution < 1.29 is 4.74 Å². The molecule has 3 nitrogen and oxygen atoms in total. The summed E-state index contributed by atoms with van der Waals surface area (Å²) in [7, 11) is 3.73. The fourth-order valence-electron chi connectivity index (χ4n) is 1.55. The monoisotopic (exact) mass is 196 g/mol. The third kappa shape index (κ3) is 2.86. The van der Waals surface area contributed by atoms with Gasteiger partial charge in [-0.05, 0) is 32.5 Å². The van der Waals surface area contributed by atoms with E-state index in [2.05, 4.69) is 35.1 Å². The van der Waals surface area contributed by atoms with E-state index in [1.807, 2.05) is 7.05 Å². The molecule has 1 rings (SSSR count). The van der Waals surface area contributed by atoms with Gasteiger partial charge in [0.05, 0.1) is 0 Å². The van der Waals surface area contributed by atoms with Crippen molar-refractivity contribution in [2.75, 3.05) is 20.8 Å². The second kappa shape index (κ2) is 5.83. The van der Waals surface area contributed by atoms with Crippen molar-refractivity contribution in [3.63, 3.8) is 0 Å². The van der Waals surface area contributed by atoms with Crippen LogP contribution in [0.25, 0.3) is 0 Å². The molecular formula is C11H20N2O. The zero-order valence-electron chi connectivity index (χ0n) is 9.29. The van der Waals surface area contributed by atoms with E-state index in [4.69, 9.17) is 4.74 Å². The summed E-state index contributed by atoms with van der Waals surface area (Å²) in [5.41, 5.74) is 1.34. The quantitative estimate of drug-likeness (QED) is 0.702. The van der Waals surface area contributed by atoms with Gasteiger partial charge in [0.1, 0.15) is 0 Å². The molecule has 0 radical (unpaired) electrons. The molecule has 1 aromatic rings. The standard InChI is InChI=1S/C11H20N2O/c1-10(12-2)11-6-4-7-13(11)8-5-9-14-3/h4,6-7,10,12H,5,8-9H2,1-3H3. The summed E-state index contributed by atoms with van der Waals surface area (Å²) in [6.07, 6.45) is 3.19. The molecule has 1 N–H and O–H groups in total. The van der Waals surface area contributed by atoms with E-state index in [1.54, 1.807) is 7.11 Å². The minimum Gasteiger partial charge on any atom is -0.385 e. The SMILES string of the molecule is CNC(C)c1cccn1CCCOC. The summed E-state index contributed by atoms with van der Waals surface area (Å²) < 4.78 is 7.32. The first-order valence-electron chi connectivity index (χ1n) is 5.10. The summed E-state index contributed by atoms with van der Waals surface area (Å²) in [4.78, 5) is 0. The van der Waals surface area contributed by atoms with Crippen LogP contribution in [0.1, 0.15) is 25.1 Å². The van der Waals surface area contributed by atoms with Crippen LogP contribution in [0.5, 0.6) is 0 Å². The van der Waals surface area contributed by atoms with Gasteiger partial charge in [-0.3, -0.25) is 0 Å². The lowest BCUT2D eigenvalue weighted by atomic mass is 10.2. The van der Waals surface area contributed by atoms with E-state index in [0.29, 0.717) is 6.04 Å².